The summed E-state index contributed by atoms with van der Waals surface area (Å²) in [6.45, 7) is 0. The van der Waals surface area contributed by atoms with Gasteiger partial charge in [0.05, 0.1) is 12.0 Å². The molecule has 3 heteroatoms. The Hall–Kier alpha value is -0.960. The summed E-state index contributed by atoms with van der Waals surface area (Å²) in [6, 6.07) is 0. The van der Waals surface area contributed by atoms with E-state index < -0.39 is 0 Å². The first-order valence-corrected chi connectivity index (χ1v) is 3.91. The zero-order valence-corrected chi connectivity index (χ0v) is 6.08. The molecule has 0 amide bonds. The van der Waals surface area contributed by atoms with Crippen molar-refractivity contribution < 1.29 is 0 Å². The third-order valence-corrected chi connectivity index (χ3v) is 1.97. The van der Waals surface area contributed by atoms with Crippen LogP contribution in [0.1, 0.15) is 0 Å². The van der Waals surface area contributed by atoms with Crippen molar-refractivity contribution >= 4 is 18.1 Å². The summed E-state index contributed by atoms with van der Waals surface area (Å²) in [5.41, 5.74) is 1.18. The first-order valence-electron chi connectivity index (χ1n) is 2.97. The first kappa shape index (κ1) is 5.80. The predicted molar refractivity (Wildman–Crippen MR) is 44.3 cm³/mol. The molecule has 0 aromatic heterocycles. The molecule has 0 unspecified atom stereocenters. The second-order valence-electron chi connectivity index (χ2n) is 1.95. The fourth-order valence-corrected chi connectivity index (χ4v) is 1.44. The molecule has 0 aromatic rings. The summed E-state index contributed by atoms with van der Waals surface area (Å²) in [5.74, 6) is 0. The summed E-state index contributed by atoms with van der Waals surface area (Å²) in [6.07, 6.45) is 7.56. The van der Waals surface area contributed by atoms with E-state index in [9.17, 15) is 0 Å². The van der Waals surface area contributed by atoms with Gasteiger partial charge in [-0.25, -0.2) is 4.99 Å². The van der Waals surface area contributed by atoms with Gasteiger partial charge in [0.25, 0.3) is 0 Å². The maximum atomic E-state index is 3.98. The first-order chi connectivity index (χ1) is 4.97. The minimum absolute atomic E-state index is 1.18. The van der Waals surface area contributed by atoms with Crippen LogP contribution < -0.4 is 0 Å². The highest BCUT2D eigenvalue weighted by Crippen LogP contribution is 2.20. The Morgan fingerprint density at radius 2 is 2.50 bits per heavy atom. The van der Waals surface area contributed by atoms with Gasteiger partial charge >= 0.3 is 0 Å². The number of hydrogen-bond acceptors (Lipinski definition) is 3. The second-order valence-corrected chi connectivity index (χ2v) is 2.73. The van der Waals surface area contributed by atoms with Gasteiger partial charge in [-0.05, 0) is 16.9 Å². The molecule has 10 heavy (non-hydrogen) atoms. The molecule has 2 nitrogen and oxygen atoms in total. The summed E-state index contributed by atoms with van der Waals surface area (Å²) in [7, 11) is 0. The van der Waals surface area contributed by atoms with E-state index in [-0.39, 0.29) is 0 Å². The Bertz CT molecular complexity index is 250. The van der Waals surface area contributed by atoms with Crippen LogP contribution in [-0.2, 0) is 0 Å². The molecule has 0 aromatic carbocycles. The van der Waals surface area contributed by atoms with Crippen LogP contribution in [0, 0.1) is 0 Å². The van der Waals surface area contributed by atoms with Gasteiger partial charge in [-0.1, -0.05) is 0 Å². The topological polar surface area (TPSA) is 15.6 Å². The average Bonchev–Trinajstić information content (AvgIpc) is 2.05. The highest BCUT2D eigenvalue weighted by atomic mass is 32.2. The van der Waals surface area contributed by atoms with E-state index in [1.54, 1.807) is 24.3 Å². The van der Waals surface area contributed by atoms with E-state index in [2.05, 4.69) is 10.4 Å². The van der Waals surface area contributed by atoms with Gasteiger partial charge in [0, 0.05) is 12.4 Å². The van der Waals surface area contributed by atoms with Crippen LogP contribution in [0.3, 0.4) is 0 Å². The maximum absolute atomic E-state index is 3.98. The molecule has 0 saturated carbocycles. The Morgan fingerprint density at radius 1 is 1.50 bits per heavy atom. The highest BCUT2D eigenvalue weighted by molar-refractivity contribution is 8.04. The van der Waals surface area contributed by atoms with Crippen LogP contribution in [0.4, 0.5) is 0 Å². The quantitative estimate of drug-likeness (QED) is 0.524. The van der Waals surface area contributed by atoms with Gasteiger partial charge in [-0.3, -0.25) is 0 Å². The molecule has 0 radical (unpaired) electrons. The summed E-state index contributed by atoms with van der Waals surface area (Å²) in [5, 5.41) is 4.11. The van der Waals surface area contributed by atoms with Crippen molar-refractivity contribution in [3.63, 3.8) is 0 Å². The molecule has 2 heterocycles. The molecular formula is C7H6N2S. The van der Waals surface area contributed by atoms with Crippen molar-refractivity contribution in [2.75, 3.05) is 0 Å². The van der Waals surface area contributed by atoms with Crippen molar-refractivity contribution in [1.29, 1.82) is 0 Å². The monoisotopic (exact) mass is 150 g/mol. The largest absolute Gasteiger partial charge is 0.307 e. The molecule has 0 N–H and O–H groups in total. The number of allylic oxidation sites excluding steroid dienone is 1. The Balaban J connectivity index is 2.33. The van der Waals surface area contributed by atoms with Gasteiger partial charge in [-0.15, -0.1) is 11.8 Å². The fraction of sp³-hybridized carbons (Fsp3) is 0. The maximum Gasteiger partial charge on any atom is 0.0990 e. The summed E-state index contributed by atoms with van der Waals surface area (Å²) in [4.78, 5) is 5.96. The lowest BCUT2D eigenvalue weighted by molar-refractivity contribution is 0.728. The van der Waals surface area contributed by atoms with Gasteiger partial charge in [0.15, 0.2) is 0 Å². The predicted octanol–water partition coefficient (Wildman–Crippen LogP) is 1.90. The van der Waals surface area contributed by atoms with E-state index in [0.717, 1.165) is 0 Å². The number of aliphatic imine (C=N–C) groups is 1. The van der Waals surface area contributed by atoms with E-state index in [4.69, 9.17) is 0 Å². The lowest BCUT2D eigenvalue weighted by Crippen LogP contribution is -2.15. The zero-order chi connectivity index (χ0) is 6.81. The molecule has 2 rings (SSSR count). The molecule has 0 fully saturated rings. The van der Waals surface area contributed by atoms with E-state index >= 15 is 0 Å². The number of hydrogen-bond donors (Lipinski definition) is 0. The van der Waals surface area contributed by atoms with Crippen molar-refractivity contribution in [3.05, 3.63) is 35.0 Å². The molecule has 0 spiro atoms. The Kier molecular flexibility index (Phi) is 1.36. The molecule has 2 aliphatic rings. The molecule has 0 saturated heterocycles. The zero-order valence-electron chi connectivity index (χ0n) is 5.27. The van der Waals surface area contributed by atoms with Gasteiger partial charge in [-0.2, -0.15) is 0 Å². The third-order valence-electron chi connectivity index (χ3n) is 1.31. The standard InChI is InChI=1S/C7H6N2S/c1-2-8-6-9-3-4-10-5-7(1)9/h1-6H. The minimum atomic E-state index is 1.18. The van der Waals surface area contributed by atoms with Crippen molar-refractivity contribution in [2.24, 2.45) is 4.99 Å². The second kappa shape index (κ2) is 2.34. The summed E-state index contributed by atoms with van der Waals surface area (Å²) < 4.78 is 0. The Labute approximate surface area is 63.6 Å². The summed E-state index contributed by atoms with van der Waals surface area (Å²) >= 11 is 1.68. The van der Waals surface area contributed by atoms with Crippen LogP contribution in [0.15, 0.2) is 40.0 Å². The normalized spacial score (nSPS) is 20.8. The Morgan fingerprint density at radius 3 is 3.40 bits per heavy atom. The van der Waals surface area contributed by atoms with Crippen molar-refractivity contribution in [3.8, 4) is 0 Å². The van der Waals surface area contributed by atoms with Crippen LogP contribution in [0.25, 0.3) is 0 Å². The van der Waals surface area contributed by atoms with E-state index in [1.807, 2.05) is 22.6 Å². The number of nitrogens with zero attached hydrogens (tertiary/aromatic N) is 2. The lowest BCUT2D eigenvalue weighted by Gasteiger charge is -2.19. The minimum Gasteiger partial charge on any atom is -0.307 e. The number of thioether (sulfide) groups is 1. The van der Waals surface area contributed by atoms with Gasteiger partial charge < -0.3 is 4.90 Å². The molecule has 0 atom stereocenters. The molecule has 0 aliphatic carbocycles. The highest BCUT2D eigenvalue weighted by Gasteiger charge is 2.05. The van der Waals surface area contributed by atoms with Gasteiger partial charge in [0.1, 0.15) is 0 Å². The molecular weight excluding hydrogens is 144 g/mol. The fourth-order valence-electron chi connectivity index (χ4n) is 0.817. The van der Waals surface area contributed by atoms with Crippen LogP contribution in [0.5, 0.6) is 0 Å². The van der Waals surface area contributed by atoms with Crippen LogP contribution >= 0.6 is 11.8 Å². The molecule has 2 aliphatic heterocycles. The van der Waals surface area contributed by atoms with E-state index in [0.29, 0.717) is 0 Å². The SMILES string of the molecule is C1=CC2=CSC=CN2C=N1. The number of rotatable bonds is 0. The van der Waals surface area contributed by atoms with Crippen LogP contribution in [0.2, 0.25) is 0 Å². The molecule has 0 bridgehead atoms. The van der Waals surface area contributed by atoms with Gasteiger partial charge in [0.2, 0.25) is 0 Å². The third kappa shape index (κ3) is 0.885. The number of fused-ring (bicyclic) bond motifs is 1. The average molecular weight is 150 g/mol. The van der Waals surface area contributed by atoms with E-state index in [1.165, 1.54) is 5.70 Å². The lowest BCUT2D eigenvalue weighted by atomic mass is 10.4. The van der Waals surface area contributed by atoms with Crippen LogP contribution in [-0.4, -0.2) is 11.2 Å². The van der Waals surface area contributed by atoms with Crippen molar-refractivity contribution in [2.45, 2.75) is 0 Å². The smallest absolute Gasteiger partial charge is 0.0990 e. The molecule has 50 valence electrons. The van der Waals surface area contributed by atoms with Crippen molar-refractivity contribution in [1.82, 2.24) is 4.90 Å².